The Morgan fingerprint density at radius 2 is 2.25 bits per heavy atom. The van der Waals surface area contributed by atoms with Crippen molar-refractivity contribution in [3.05, 3.63) is 29.8 Å². The number of nitrogens with zero attached hydrogens (tertiary/aromatic N) is 1. The maximum absolute atomic E-state index is 10.1. The first-order valence-electron chi connectivity index (χ1n) is 7.77. The molecule has 0 bridgehead atoms. The van der Waals surface area contributed by atoms with Crippen LogP contribution in [0.15, 0.2) is 24.3 Å². The lowest BCUT2D eigenvalue weighted by atomic mass is 9.89. The van der Waals surface area contributed by atoms with Gasteiger partial charge < -0.3 is 14.7 Å². The van der Waals surface area contributed by atoms with E-state index in [4.69, 9.17) is 4.74 Å². The van der Waals surface area contributed by atoms with E-state index in [2.05, 4.69) is 37.1 Å². The second-order valence-corrected chi connectivity index (χ2v) is 5.93. The van der Waals surface area contributed by atoms with Gasteiger partial charge in [0, 0.05) is 19.0 Å². The quantitative estimate of drug-likeness (QED) is 0.812. The molecule has 0 spiro atoms. The Labute approximate surface area is 122 Å². The molecule has 3 heteroatoms. The Morgan fingerprint density at radius 3 is 3.05 bits per heavy atom. The van der Waals surface area contributed by atoms with Gasteiger partial charge >= 0.3 is 0 Å². The summed E-state index contributed by atoms with van der Waals surface area (Å²) in [6.45, 7) is 4.93. The molecule has 2 rings (SSSR count). The molecule has 1 saturated heterocycles. The zero-order chi connectivity index (χ0) is 14.4. The smallest absolute Gasteiger partial charge is 0.119 e. The Balaban J connectivity index is 1.93. The lowest BCUT2D eigenvalue weighted by Crippen LogP contribution is -2.41. The lowest BCUT2D eigenvalue weighted by Gasteiger charge is -2.34. The topological polar surface area (TPSA) is 32.7 Å². The van der Waals surface area contributed by atoms with E-state index in [9.17, 15) is 5.11 Å². The van der Waals surface area contributed by atoms with Crippen LogP contribution in [0.25, 0.3) is 0 Å². The van der Waals surface area contributed by atoms with E-state index >= 15 is 0 Å². The summed E-state index contributed by atoms with van der Waals surface area (Å²) >= 11 is 0. The van der Waals surface area contributed by atoms with E-state index in [1.807, 2.05) is 6.07 Å². The fourth-order valence-corrected chi connectivity index (χ4v) is 2.80. The summed E-state index contributed by atoms with van der Waals surface area (Å²) in [4.78, 5) is 2.30. The summed E-state index contributed by atoms with van der Waals surface area (Å²) in [7, 11) is 2.13. The number of aliphatic hydroxyl groups excluding tert-OH is 1. The summed E-state index contributed by atoms with van der Waals surface area (Å²) in [5, 5.41) is 10.1. The molecule has 0 amide bonds. The molecule has 1 N–H and O–H groups in total. The first-order valence-corrected chi connectivity index (χ1v) is 7.77. The van der Waals surface area contributed by atoms with Crippen molar-refractivity contribution in [2.45, 2.75) is 38.7 Å². The van der Waals surface area contributed by atoms with Gasteiger partial charge in [0.05, 0.1) is 12.7 Å². The van der Waals surface area contributed by atoms with Crippen LogP contribution < -0.4 is 4.74 Å². The highest BCUT2D eigenvalue weighted by Gasteiger charge is 2.25. The van der Waals surface area contributed by atoms with Crippen molar-refractivity contribution in [1.29, 1.82) is 0 Å². The van der Waals surface area contributed by atoms with E-state index in [1.54, 1.807) is 0 Å². The number of piperidine rings is 1. The molecular formula is C17H27NO2. The number of hydrogen-bond acceptors (Lipinski definition) is 3. The molecule has 2 unspecified atom stereocenters. The predicted octanol–water partition coefficient (Wildman–Crippen LogP) is 2.72. The van der Waals surface area contributed by atoms with Crippen molar-refractivity contribution in [3.63, 3.8) is 0 Å². The summed E-state index contributed by atoms with van der Waals surface area (Å²) in [6, 6.07) is 8.32. The third kappa shape index (κ3) is 4.50. The van der Waals surface area contributed by atoms with Gasteiger partial charge in [-0.05, 0) is 44.0 Å². The van der Waals surface area contributed by atoms with Gasteiger partial charge in [0.25, 0.3) is 0 Å². The normalized spacial score (nSPS) is 23.8. The monoisotopic (exact) mass is 277 g/mol. The Bertz CT molecular complexity index is 408. The average molecular weight is 277 g/mol. The van der Waals surface area contributed by atoms with Gasteiger partial charge in [-0.2, -0.15) is 0 Å². The van der Waals surface area contributed by atoms with Gasteiger partial charge in [-0.1, -0.05) is 25.5 Å². The summed E-state index contributed by atoms with van der Waals surface area (Å²) in [6.07, 6.45) is 3.89. The molecule has 0 radical (unpaired) electrons. The van der Waals surface area contributed by atoms with Crippen LogP contribution >= 0.6 is 0 Å². The van der Waals surface area contributed by atoms with Crippen molar-refractivity contribution in [3.8, 4) is 5.75 Å². The summed E-state index contributed by atoms with van der Waals surface area (Å²) in [5.41, 5.74) is 1.26. The number of ether oxygens (including phenoxy) is 1. The van der Waals surface area contributed by atoms with Crippen LogP contribution in [-0.2, 0) is 6.42 Å². The second kappa shape index (κ2) is 7.65. The van der Waals surface area contributed by atoms with Crippen molar-refractivity contribution >= 4 is 0 Å². The van der Waals surface area contributed by atoms with Gasteiger partial charge in [-0.15, -0.1) is 0 Å². The van der Waals surface area contributed by atoms with Crippen LogP contribution in [0.4, 0.5) is 0 Å². The lowest BCUT2D eigenvalue weighted by molar-refractivity contribution is 0.0366. The third-order valence-electron chi connectivity index (χ3n) is 4.06. The highest BCUT2D eigenvalue weighted by Crippen LogP contribution is 2.23. The molecule has 1 fully saturated rings. The molecule has 1 heterocycles. The largest absolute Gasteiger partial charge is 0.494 e. The van der Waals surface area contributed by atoms with Crippen molar-refractivity contribution in [2.75, 3.05) is 26.7 Å². The average Bonchev–Trinajstić information content (AvgIpc) is 2.44. The summed E-state index contributed by atoms with van der Waals surface area (Å²) in [5.74, 6) is 1.29. The molecule has 112 valence electrons. The van der Waals surface area contributed by atoms with Crippen LogP contribution in [0.3, 0.4) is 0 Å². The van der Waals surface area contributed by atoms with Crippen molar-refractivity contribution < 1.29 is 9.84 Å². The maximum atomic E-state index is 10.1. The van der Waals surface area contributed by atoms with Gasteiger partial charge in [0.15, 0.2) is 0 Å². The van der Waals surface area contributed by atoms with Crippen molar-refractivity contribution in [2.24, 2.45) is 5.92 Å². The van der Waals surface area contributed by atoms with Crippen LogP contribution in [-0.4, -0.2) is 42.9 Å². The minimum Gasteiger partial charge on any atom is -0.494 e. The predicted molar refractivity (Wildman–Crippen MR) is 82.2 cm³/mol. The van der Waals surface area contributed by atoms with Crippen LogP contribution in [0.2, 0.25) is 0 Å². The summed E-state index contributed by atoms with van der Waals surface area (Å²) < 4.78 is 5.75. The molecule has 0 aliphatic carbocycles. The van der Waals surface area contributed by atoms with Gasteiger partial charge in [-0.25, -0.2) is 0 Å². The van der Waals surface area contributed by atoms with E-state index in [-0.39, 0.29) is 6.10 Å². The molecule has 1 aliphatic rings. The number of aliphatic hydroxyl groups is 1. The molecule has 1 aliphatic heterocycles. The van der Waals surface area contributed by atoms with Crippen molar-refractivity contribution in [1.82, 2.24) is 4.90 Å². The fourth-order valence-electron chi connectivity index (χ4n) is 2.80. The zero-order valence-corrected chi connectivity index (χ0v) is 12.7. The van der Waals surface area contributed by atoms with Crippen LogP contribution in [0, 0.1) is 5.92 Å². The van der Waals surface area contributed by atoms with Gasteiger partial charge in [0.1, 0.15) is 5.75 Å². The molecule has 0 saturated carbocycles. The number of benzene rings is 1. The Morgan fingerprint density at radius 1 is 1.40 bits per heavy atom. The minimum atomic E-state index is -0.170. The molecule has 2 atom stereocenters. The van der Waals surface area contributed by atoms with E-state index in [1.165, 1.54) is 5.56 Å². The maximum Gasteiger partial charge on any atom is 0.119 e. The standard InChI is InChI=1S/C17H27NO2/c1-3-4-10-20-16-7-5-6-14(12-16)11-15-13-18(2)9-8-17(15)19/h5-7,12,15,17,19H,3-4,8-11,13H2,1-2H3. The van der Waals surface area contributed by atoms with E-state index in [0.717, 1.165) is 51.1 Å². The molecule has 0 aromatic heterocycles. The minimum absolute atomic E-state index is 0.170. The Kier molecular flexibility index (Phi) is 5.86. The number of likely N-dealkylation sites (tertiary alicyclic amines) is 1. The highest BCUT2D eigenvalue weighted by atomic mass is 16.5. The third-order valence-corrected chi connectivity index (χ3v) is 4.06. The molecule has 1 aromatic carbocycles. The molecule has 20 heavy (non-hydrogen) atoms. The highest BCUT2D eigenvalue weighted by molar-refractivity contribution is 5.29. The van der Waals surface area contributed by atoms with Gasteiger partial charge in [-0.3, -0.25) is 0 Å². The second-order valence-electron chi connectivity index (χ2n) is 5.93. The van der Waals surface area contributed by atoms with Crippen LogP contribution in [0.5, 0.6) is 5.75 Å². The van der Waals surface area contributed by atoms with E-state index < -0.39 is 0 Å². The first kappa shape index (κ1) is 15.3. The van der Waals surface area contributed by atoms with Gasteiger partial charge in [0.2, 0.25) is 0 Å². The van der Waals surface area contributed by atoms with E-state index in [0.29, 0.717) is 5.92 Å². The SMILES string of the molecule is CCCCOc1cccc(CC2CN(C)CCC2O)c1. The molecule has 3 nitrogen and oxygen atoms in total. The Hall–Kier alpha value is -1.06. The number of rotatable bonds is 6. The van der Waals surface area contributed by atoms with Crippen LogP contribution in [0.1, 0.15) is 31.7 Å². The fraction of sp³-hybridized carbons (Fsp3) is 0.647. The molecule has 1 aromatic rings. The first-order chi connectivity index (χ1) is 9.69. The number of unbranched alkanes of at least 4 members (excludes halogenated alkanes) is 1. The number of hydrogen-bond donors (Lipinski definition) is 1. The molecular weight excluding hydrogens is 250 g/mol. The zero-order valence-electron chi connectivity index (χ0n) is 12.7.